The molecule has 0 aliphatic heterocycles. The Morgan fingerprint density at radius 1 is 0.810 bits per heavy atom. The average molecular weight is 361 g/mol. The van der Waals surface area contributed by atoms with Crippen molar-refractivity contribution >= 4 is 0 Å². The normalized spacial score (nSPS) is 9.52. The zero-order chi connectivity index (χ0) is 15.0. The van der Waals surface area contributed by atoms with Crippen molar-refractivity contribution in [2.45, 2.75) is 26.9 Å². The molecule has 0 fully saturated rings. The van der Waals surface area contributed by atoms with Crippen molar-refractivity contribution in [3.8, 4) is 11.5 Å². The zero-order valence-electron chi connectivity index (χ0n) is 12.7. The summed E-state index contributed by atoms with van der Waals surface area (Å²) in [5.74, 6) is 0.534. The van der Waals surface area contributed by atoms with Gasteiger partial charge < -0.3 is 15.1 Å². The molecule has 0 aliphatic rings. The van der Waals surface area contributed by atoms with Gasteiger partial charge in [0.1, 0.15) is 11.5 Å². The fourth-order valence-electron chi connectivity index (χ4n) is 1.83. The van der Waals surface area contributed by atoms with Crippen LogP contribution in [0.15, 0.2) is 48.5 Å². The van der Waals surface area contributed by atoms with Crippen molar-refractivity contribution in [1.82, 2.24) is 4.90 Å². The molecule has 111 valence electrons. The predicted octanol–water partition coefficient (Wildman–Crippen LogP) is 3.92. The first-order valence-electron chi connectivity index (χ1n) is 6.76. The summed E-state index contributed by atoms with van der Waals surface area (Å²) in [7, 11) is 3.92. The maximum absolute atomic E-state index is 9.68. The van der Waals surface area contributed by atoms with Crippen LogP contribution in [-0.4, -0.2) is 15.1 Å². The Morgan fingerprint density at radius 2 is 1.14 bits per heavy atom. The number of hydrogen-bond acceptors (Lipinski definition) is 3. The monoisotopic (exact) mass is 361 g/mol. The summed E-state index contributed by atoms with van der Waals surface area (Å²) >= 11 is 0. The molecule has 0 bridgehead atoms. The Labute approximate surface area is 152 Å². The van der Waals surface area contributed by atoms with E-state index in [-0.39, 0.29) is 44.2 Å². The Morgan fingerprint density at radius 3 is 1.48 bits per heavy atom. The van der Waals surface area contributed by atoms with Gasteiger partial charge in [-0.05, 0) is 25.2 Å². The quantitative estimate of drug-likeness (QED) is 0.812. The summed E-state index contributed by atoms with van der Waals surface area (Å²) in [5, 5.41) is 19.4. The molecule has 4 heteroatoms. The van der Waals surface area contributed by atoms with E-state index in [2.05, 4.69) is 7.05 Å². The Balaban J connectivity index is 0.00000128. The van der Waals surface area contributed by atoms with Gasteiger partial charge in [0.2, 0.25) is 0 Å². The van der Waals surface area contributed by atoms with Gasteiger partial charge in [0.25, 0.3) is 0 Å². The van der Waals surface area contributed by atoms with Crippen LogP contribution in [0.2, 0.25) is 0 Å². The Bertz CT molecular complexity index is 484. The van der Waals surface area contributed by atoms with E-state index in [1.807, 2.05) is 38.1 Å². The molecule has 0 amide bonds. The van der Waals surface area contributed by atoms with Crippen LogP contribution in [-0.2, 0) is 45.8 Å². The van der Waals surface area contributed by atoms with Crippen LogP contribution in [0.3, 0.4) is 0 Å². The molecule has 0 unspecified atom stereocenters. The van der Waals surface area contributed by atoms with Crippen LogP contribution in [0.1, 0.15) is 25.0 Å². The van der Waals surface area contributed by atoms with Crippen molar-refractivity contribution in [3.05, 3.63) is 66.7 Å². The van der Waals surface area contributed by atoms with E-state index in [1.54, 1.807) is 29.2 Å². The van der Waals surface area contributed by atoms with Gasteiger partial charge in [-0.15, -0.1) is 0 Å². The molecule has 21 heavy (non-hydrogen) atoms. The van der Waals surface area contributed by atoms with Gasteiger partial charge in [0.15, 0.2) is 0 Å². The van der Waals surface area contributed by atoms with Gasteiger partial charge in [-0.25, -0.2) is 0 Å². The number of hydrogen-bond donors (Lipinski definition) is 2. The van der Waals surface area contributed by atoms with Crippen molar-refractivity contribution in [2.24, 2.45) is 0 Å². The average Bonchev–Trinajstić information content (AvgIpc) is 2.46. The largest absolute Gasteiger partial charge is 0.508 e. The Hall–Kier alpha value is -0.896. The van der Waals surface area contributed by atoms with Crippen molar-refractivity contribution in [3.63, 3.8) is 0 Å². The molecule has 0 saturated heterocycles. The van der Waals surface area contributed by atoms with Gasteiger partial charge in [-0.3, -0.25) is 7.05 Å². The summed E-state index contributed by atoms with van der Waals surface area (Å²) in [4.78, 5) is 1.80. The number of para-hydroxylation sites is 2. The number of benzene rings is 2. The third-order valence-electron chi connectivity index (χ3n) is 2.77. The minimum absolute atomic E-state index is 0. The molecular weight excluding hydrogens is 339 g/mol. The minimum Gasteiger partial charge on any atom is -0.508 e. The minimum atomic E-state index is 0. The smallest absolute Gasteiger partial charge is 0.119 e. The summed E-state index contributed by atoms with van der Waals surface area (Å²) in [6.45, 7) is 5.06. The summed E-state index contributed by atoms with van der Waals surface area (Å²) in [5.41, 5.74) is 1.64. The first-order valence-corrected chi connectivity index (χ1v) is 6.76. The maximum Gasteiger partial charge on any atom is 0.119 e. The third-order valence-corrected chi connectivity index (χ3v) is 2.77. The molecule has 0 spiro atoms. The SMILES string of the molecule is CC.[CH2-]N(Cc1ccccc1O)Cc1ccccc1O.[Y]. The molecule has 0 aromatic heterocycles. The molecule has 0 atom stereocenters. The van der Waals surface area contributed by atoms with Crippen molar-refractivity contribution < 1.29 is 42.9 Å². The number of aromatic hydroxyl groups is 2. The van der Waals surface area contributed by atoms with Crippen LogP contribution < -0.4 is 0 Å². The van der Waals surface area contributed by atoms with E-state index in [9.17, 15) is 10.2 Å². The summed E-state index contributed by atoms with van der Waals surface area (Å²) in [6.07, 6.45) is 0. The fraction of sp³-hybridized carbons (Fsp3) is 0.235. The van der Waals surface area contributed by atoms with E-state index >= 15 is 0 Å². The van der Waals surface area contributed by atoms with Crippen LogP contribution >= 0.6 is 0 Å². The zero-order valence-corrected chi connectivity index (χ0v) is 15.5. The molecule has 0 saturated carbocycles. The van der Waals surface area contributed by atoms with Gasteiger partial charge in [-0.2, -0.15) is 0 Å². The standard InChI is InChI=1S/C15H16NO2.C2H6.Y/c1-16(10-12-6-2-4-8-14(12)17)11-13-7-3-5-9-15(13)18;1-2;/h2-9,17-18H,1,10-11H2;1-2H3;/q-1;;. The van der Waals surface area contributed by atoms with Crippen LogP contribution in [0, 0.1) is 7.05 Å². The first kappa shape index (κ1) is 20.1. The van der Waals surface area contributed by atoms with Gasteiger partial charge in [-0.1, -0.05) is 50.2 Å². The third kappa shape index (κ3) is 6.60. The number of nitrogens with zero attached hydrogens (tertiary/aromatic N) is 1. The number of phenols is 2. The summed E-state index contributed by atoms with van der Waals surface area (Å²) < 4.78 is 0. The molecule has 0 aliphatic carbocycles. The van der Waals surface area contributed by atoms with E-state index in [1.165, 1.54) is 0 Å². The Kier molecular flexibility index (Phi) is 10.3. The second kappa shape index (κ2) is 10.8. The topological polar surface area (TPSA) is 43.7 Å². The molecular formula is C17H22NO2Y-. The number of phenolic OH excluding ortho intramolecular Hbond substituents is 2. The van der Waals surface area contributed by atoms with Gasteiger partial charge in [0.05, 0.1) is 0 Å². The van der Waals surface area contributed by atoms with Crippen molar-refractivity contribution in [2.75, 3.05) is 0 Å². The van der Waals surface area contributed by atoms with E-state index in [0.29, 0.717) is 13.1 Å². The molecule has 2 N–H and O–H groups in total. The number of rotatable bonds is 4. The molecule has 0 heterocycles. The van der Waals surface area contributed by atoms with Crippen LogP contribution in [0.25, 0.3) is 0 Å². The first-order chi connectivity index (χ1) is 9.66. The molecule has 3 nitrogen and oxygen atoms in total. The second-order valence-corrected chi connectivity index (χ2v) is 4.24. The summed E-state index contributed by atoms with van der Waals surface area (Å²) in [6, 6.07) is 14.4. The van der Waals surface area contributed by atoms with E-state index < -0.39 is 0 Å². The van der Waals surface area contributed by atoms with E-state index in [0.717, 1.165) is 11.1 Å². The van der Waals surface area contributed by atoms with E-state index in [4.69, 9.17) is 0 Å². The second-order valence-electron chi connectivity index (χ2n) is 4.24. The van der Waals surface area contributed by atoms with Gasteiger partial charge >= 0.3 is 0 Å². The van der Waals surface area contributed by atoms with Gasteiger partial charge in [0, 0.05) is 43.8 Å². The van der Waals surface area contributed by atoms with Crippen LogP contribution in [0.5, 0.6) is 11.5 Å². The van der Waals surface area contributed by atoms with Crippen LogP contribution in [0.4, 0.5) is 0 Å². The predicted molar refractivity (Wildman–Crippen MR) is 82.2 cm³/mol. The van der Waals surface area contributed by atoms with Crippen molar-refractivity contribution in [1.29, 1.82) is 0 Å². The molecule has 1 radical (unpaired) electrons. The molecule has 2 aromatic carbocycles. The molecule has 2 aromatic rings. The maximum atomic E-state index is 9.68. The fourth-order valence-corrected chi connectivity index (χ4v) is 1.83. The molecule has 2 rings (SSSR count).